The van der Waals surface area contributed by atoms with Crippen LogP contribution >= 0.6 is 0 Å². The topological polar surface area (TPSA) is 66.6 Å². The Bertz CT molecular complexity index is 377. The molecule has 0 aliphatic carbocycles. The molecule has 0 spiro atoms. The molecular weight excluding hydrogens is 208 g/mol. The highest BCUT2D eigenvalue weighted by atomic mass is 16.6. The average molecular weight is 222 g/mol. The maximum Gasteiger partial charge on any atom is 0.269 e. The van der Waals surface area contributed by atoms with E-state index in [0.717, 1.165) is 25.1 Å². The van der Waals surface area contributed by atoms with Gasteiger partial charge in [0.15, 0.2) is 0 Å². The summed E-state index contributed by atoms with van der Waals surface area (Å²) in [7, 11) is 0. The van der Waals surface area contributed by atoms with Crippen LogP contribution < -0.4 is 0 Å². The number of rotatable bonds is 3. The molecule has 5 nitrogen and oxygen atoms in total. The van der Waals surface area contributed by atoms with Crippen LogP contribution in [0.25, 0.3) is 0 Å². The molecule has 1 aromatic rings. The SMILES string of the molecule is O=[N+]([O-])c1ccc(CN2CC[C@H](O)C2)cc1. The van der Waals surface area contributed by atoms with Crippen LogP contribution in [-0.4, -0.2) is 34.1 Å². The Balaban J connectivity index is 1.97. The van der Waals surface area contributed by atoms with Crippen LogP contribution in [0.1, 0.15) is 12.0 Å². The van der Waals surface area contributed by atoms with Crippen molar-refractivity contribution >= 4 is 5.69 Å². The van der Waals surface area contributed by atoms with Crippen molar-refractivity contribution in [2.24, 2.45) is 0 Å². The van der Waals surface area contributed by atoms with Crippen LogP contribution in [0.5, 0.6) is 0 Å². The first-order valence-corrected chi connectivity index (χ1v) is 5.29. The number of hydrogen-bond acceptors (Lipinski definition) is 4. The van der Waals surface area contributed by atoms with Crippen LogP contribution in [0.15, 0.2) is 24.3 Å². The van der Waals surface area contributed by atoms with Gasteiger partial charge in [0, 0.05) is 31.8 Å². The van der Waals surface area contributed by atoms with Crippen molar-refractivity contribution in [2.75, 3.05) is 13.1 Å². The summed E-state index contributed by atoms with van der Waals surface area (Å²) in [5.41, 5.74) is 1.16. The number of likely N-dealkylation sites (tertiary alicyclic amines) is 1. The van der Waals surface area contributed by atoms with Gasteiger partial charge in [0.25, 0.3) is 5.69 Å². The minimum absolute atomic E-state index is 0.116. The molecule has 0 amide bonds. The molecule has 0 aromatic heterocycles. The van der Waals surface area contributed by atoms with Gasteiger partial charge >= 0.3 is 0 Å². The Morgan fingerprint density at radius 3 is 2.62 bits per heavy atom. The fraction of sp³-hybridized carbons (Fsp3) is 0.455. The second-order valence-corrected chi connectivity index (χ2v) is 4.10. The number of aliphatic hydroxyl groups is 1. The zero-order valence-electron chi connectivity index (χ0n) is 8.87. The third-order valence-corrected chi connectivity index (χ3v) is 2.80. The maximum absolute atomic E-state index is 10.5. The smallest absolute Gasteiger partial charge is 0.269 e. The summed E-state index contributed by atoms with van der Waals surface area (Å²) < 4.78 is 0. The highest BCUT2D eigenvalue weighted by Crippen LogP contribution is 2.16. The zero-order valence-corrected chi connectivity index (χ0v) is 8.87. The zero-order chi connectivity index (χ0) is 11.5. The molecule has 0 bridgehead atoms. The summed E-state index contributed by atoms with van der Waals surface area (Å²) >= 11 is 0. The third-order valence-electron chi connectivity index (χ3n) is 2.80. The molecule has 2 rings (SSSR count). The normalized spacial score (nSPS) is 21.2. The highest BCUT2D eigenvalue weighted by Gasteiger charge is 2.19. The van der Waals surface area contributed by atoms with E-state index in [2.05, 4.69) is 4.90 Å². The van der Waals surface area contributed by atoms with Gasteiger partial charge in [0.2, 0.25) is 0 Å². The lowest BCUT2D eigenvalue weighted by molar-refractivity contribution is -0.384. The van der Waals surface area contributed by atoms with Crippen molar-refractivity contribution in [3.05, 3.63) is 39.9 Å². The van der Waals surface area contributed by atoms with Gasteiger partial charge in [-0.25, -0.2) is 0 Å². The lowest BCUT2D eigenvalue weighted by Crippen LogP contribution is -2.21. The van der Waals surface area contributed by atoms with Crippen molar-refractivity contribution in [2.45, 2.75) is 19.1 Å². The first-order chi connectivity index (χ1) is 7.65. The third kappa shape index (κ3) is 2.56. The van der Waals surface area contributed by atoms with E-state index < -0.39 is 4.92 Å². The van der Waals surface area contributed by atoms with Crippen molar-refractivity contribution in [3.8, 4) is 0 Å². The number of β-amino-alcohol motifs (C(OH)–C–C–N with tert-alkyl or cyclic N) is 1. The minimum atomic E-state index is -0.399. The van der Waals surface area contributed by atoms with E-state index in [-0.39, 0.29) is 11.8 Å². The Hall–Kier alpha value is -1.46. The quantitative estimate of drug-likeness (QED) is 0.615. The second-order valence-electron chi connectivity index (χ2n) is 4.10. The fourth-order valence-corrected chi connectivity index (χ4v) is 1.94. The molecule has 1 N–H and O–H groups in total. The first kappa shape index (κ1) is 11.0. The molecule has 0 radical (unpaired) electrons. The minimum Gasteiger partial charge on any atom is -0.392 e. The summed E-state index contributed by atoms with van der Waals surface area (Å²) in [4.78, 5) is 12.2. The molecule has 5 heteroatoms. The molecule has 1 atom stereocenters. The van der Waals surface area contributed by atoms with Crippen LogP contribution in [0.2, 0.25) is 0 Å². The lowest BCUT2D eigenvalue weighted by atomic mass is 10.2. The van der Waals surface area contributed by atoms with Gasteiger partial charge in [-0.1, -0.05) is 12.1 Å². The molecule has 16 heavy (non-hydrogen) atoms. The number of benzene rings is 1. The average Bonchev–Trinajstić information content (AvgIpc) is 2.65. The molecule has 1 aliphatic heterocycles. The molecule has 0 saturated carbocycles. The van der Waals surface area contributed by atoms with E-state index in [4.69, 9.17) is 0 Å². The van der Waals surface area contributed by atoms with Crippen molar-refractivity contribution < 1.29 is 10.0 Å². The molecule has 1 saturated heterocycles. The number of nitrogens with zero attached hydrogens (tertiary/aromatic N) is 2. The summed E-state index contributed by atoms with van der Waals surface area (Å²) in [5.74, 6) is 0. The molecule has 1 aromatic carbocycles. The van der Waals surface area contributed by atoms with E-state index >= 15 is 0 Å². The standard InChI is InChI=1S/C11H14N2O3/c14-11-5-6-12(8-11)7-9-1-3-10(4-2-9)13(15)16/h1-4,11,14H,5-8H2/t11-/m0/s1. The van der Waals surface area contributed by atoms with Gasteiger partial charge in [-0.05, 0) is 12.0 Å². The second kappa shape index (κ2) is 4.59. The summed E-state index contributed by atoms with van der Waals surface area (Å²) in [5, 5.41) is 19.8. The van der Waals surface area contributed by atoms with Crippen LogP contribution in [-0.2, 0) is 6.54 Å². The molecule has 1 fully saturated rings. The summed E-state index contributed by atoms with van der Waals surface area (Å²) in [6, 6.07) is 6.56. The maximum atomic E-state index is 10.5. The van der Waals surface area contributed by atoms with E-state index in [1.165, 1.54) is 12.1 Å². The number of aliphatic hydroxyl groups excluding tert-OH is 1. The van der Waals surface area contributed by atoms with Crippen molar-refractivity contribution in [3.63, 3.8) is 0 Å². The fourth-order valence-electron chi connectivity index (χ4n) is 1.94. The van der Waals surface area contributed by atoms with Crippen LogP contribution in [0.4, 0.5) is 5.69 Å². The predicted octanol–water partition coefficient (Wildman–Crippen LogP) is 1.16. The summed E-state index contributed by atoms with van der Waals surface area (Å²) in [6.45, 7) is 2.32. The number of non-ortho nitro benzene ring substituents is 1. The Morgan fingerprint density at radius 2 is 2.12 bits per heavy atom. The van der Waals surface area contributed by atoms with Gasteiger partial charge in [0.1, 0.15) is 0 Å². The molecule has 1 aliphatic rings. The predicted molar refractivity (Wildman–Crippen MR) is 59.0 cm³/mol. The Labute approximate surface area is 93.5 Å². The van der Waals surface area contributed by atoms with Gasteiger partial charge in [-0.2, -0.15) is 0 Å². The van der Waals surface area contributed by atoms with Gasteiger partial charge in [-0.3, -0.25) is 15.0 Å². The summed E-state index contributed by atoms with van der Waals surface area (Å²) in [6.07, 6.45) is 0.588. The Kier molecular flexibility index (Phi) is 3.17. The van der Waals surface area contributed by atoms with Gasteiger partial charge < -0.3 is 5.11 Å². The van der Waals surface area contributed by atoms with Crippen LogP contribution in [0, 0.1) is 10.1 Å². The van der Waals surface area contributed by atoms with Crippen molar-refractivity contribution in [1.29, 1.82) is 0 Å². The molecule has 1 heterocycles. The van der Waals surface area contributed by atoms with E-state index in [1.54, 1.807) is 12.1 Å². The first-order valence-electron chi connectivity index (χ1n) is 5.29. The monoisotopic (exact) mass is 222 g/mol. The molecular formula is C11H14N2O3. The number of hydrogen-bond donors (Lipinski definition) is 1. The number of nitro groups is 1. The van der Waals surface area contributed by atoms with E-state index in [9.17, 15) is 15.2 Å². The van der Waals surface area contributed by atoms with Crippen molar-refractivity contribution in [1.82, 2.24) is 4.90 Å². The van der Waals surface area contributed by atoms with Gasteiger partial charge in [0.05, 0.1) is 11.0 Å². The van der Waals surface area contributed by atoms with Gasteiger partial charge in [-0.15, -0.1) is 0 Å². The number of nitro benzene ring substituents is 1. The van der Waals surface area contributed by atoms with Crippen LogP contribution in [0.3, 0.4) is 0 Å². The molecule has 86 valence electrons. The largest absolute Gasteiger partial charge is 0.392 e. The highest BCUT2D eigenvalue weighted by molar-refractivity contribution is 5.32. The van der Waals surface area contributed by atoms with E-state index in [1.807, 2.05) is 0 Å². The molecule has 0 unspecified atom stereocenters. The lowest BCUT2D eigenvalue weighted by Gasteiger charge is -2.14. The van der Waals surface area contributed by atoms with E-state index in [0.29, 0.717) is 6.54 Å². The Morgan fingerprint density at radius 1 is 1.44 bits per heavy atom.